The van der Waals surface area contributed by atoms with Crippen LogP contribution in [-0.2, 0) is 11.4 Å². The zero-order valence-electron chi connectivity index (χ0n) is 6.64. The molecule has 0 amide bonds. The van der Waals surface area contributed by atoms with Crippen molar-refractivity contribution in [2.45, 2.75) is 6.61 Å². The Hall–Kier alpha value is -1.66. The number of phenolic OH excluding ortho intramolecular Hbond substituents is 1. The zero-order valence-corrected chi connectivity index (χ0v) is 6.64. The largest absolute Gasteiger partial charge is 0.502 e. The van der Waals surface area contributed by atoms with Crippen molar-refractivity contribution in [1.82, 2.24) is 0 Å². The maximum atomic E-state index is 10.4. The summed E-state index contributed by atoms with van der Waals surface area (Å²) in [4.78, 5) is 14.0. The second-order valence-corrected chi connectivity index (χ2v) is 2.39. The van der Waals surface area contributed by atoms with Crippen LogP contribution in [-0.4, -0.2) is 10.0 Å². The highest BCUT2D eigenvalue weighted by atomic mass is 16.6. The molecule has 1 aromatic carbocycles. The lowest BCUT2D eigenvalue weighted by atomic mass is 10.2. The molecule has 0 aromatic heterocycles. The van der Waals surface area contributed by atoms with E-state index in [0.717, 1.165) is 0 Å². The van der Waals surface area contributed by atoms with Crippen molar-refractivity contribution < 1.29 is 14.9 Å². The first-order chi connectivity index (χ1) is 6.15. The lowest BCUT2D eigenvalue weighted by molar-refractivity contribution is -0.386. The molecule has 0 bridgehead atoms. The van der Waals surface area contributed by atoms with Crippen LogP contribution in [0.1, 0.15) is 5.56 Å². The molecule has 70 valence electrons. The fourth-order valence-corrected chi connectivity index (χ4v) is 0.901. The number of aromatic hydroxyl groups is 1. The van der Waals surface area contributed by atoms with Gasteiger partial charge in [0.15, 0.2) is 5.75 Å². The van der Waals surface area contributed by atoms with Crippen LogP contribution < -0.4 is 5.90 Å². The van der Waals surface area contributed by atoms with Crippen molar-refractivity contribution in [3.63, 3.8) is 0 Å². The molecule has 0 saturated heterocycles. The fraction of sp³-hybridized carbons (Fsp3) is 0.143. The Balaban J connectivity index is 3.04. The first kappa shape index (κ1) is 9.43. The highest BCUT2D eigenvalue weighted by molar-refractivity contribution is 5.47. The van der Waals surface area contributed by atoms with E-state index in [-0.39, 0.29) is 18.0 Å². The van der Waals surface area contributed by atoms with Gasteiger partial charge in [-0.05, 0) is 11.6 Å². The van der Waals surface area contributed by atoms with E-state index in [1.54, 1.807) is 0 Å². The summed E-state index contributed by atoms with van der Waals surface area (Å²) < 4.78 is 0. The normalized spacial score (nSPS) is 9.92. The molecule has 0 fully saturated rings. The summed E-state index contributed by atoms with van der Waals surface area (Å²) in [5.74, 6) is 4.42. The number of nitrogens with zero attached hydrogens (tertiary/aromatic N) is 1. The van der Waals surface area contributed by atoms with Gasteiger partial charge in [-0.3, -0.25) is 15.0 Å². The lowest BCUT2D eigenvalue weighted by Crippen LogP contribution is -1.99. The van der Waals surface area contributed by atoms with Gasteiger partial charge >= 0.3 is 5.69 Å². The molecule has 6 heteroatoms. The lowest BCUT2D eigenvalue weighted by Gasteiger charge is -1.99. The van der Waals surface area contributed by atoms with Crippen LogP contribution in [0.25, 0.3) is 0 Å². The molecule has 0 aliphatic carbocycles. The van der Waals surface area contributed by atoms with Gasteiger partial charge in [0.05, 0.1) is 11.5 Å². The molecule has 1 rings (SSSR count). The standard InChI is InChI=1S/C7H8N2O4/c8-13-4-5-1-2-7(10)6(3-5)9(11)12/h1-3,10H,4,8H2. The average Bonchev–Trinajstić information content (AvgIpc) is 2.08. The average molecular weight is 184 g/mol. The van der Waals surface area contributed by atoms with E-state index in [4.69, 9.17) is 11.0 Å². The van der Waals surface area contributed by atoms with Crippen LogP contribution in [0.4, 0.5) is 5.69 Å². The van der Waals surface area contributed by atoms with E-state index in [0.29, 0.717) is 5.56 Å². The number of hydrogen-bond acceptors (Lipinski definition) is 5. The predicted octanol–water partition coefficient (Wildman–Crippen LogP) is 0.691. The quantitative estimate of drug-likeness (QED) is 0.531. The summed E-state index contributed by atoms with van der Waals surface area (Å²) in [5.41, 5.74) is 0.182. The first-order valence-electron chi connectivity index (χ1n) is 3.43. The van der Waals surface area contributed by atoms with E-state index < -0.39 is 4.92 Å². The van der Waals surface area contributed by atoms with Gasteiger partial charge in [-0.1, -0.05) is 6.07 Å². The number of phenols is 1. The molecule has 3 N–H and O–H groups in total. The van der Waals surface area contributed by atoms with E-state index in [1.807, 2.05) is 0 Å². The number of hydrogen-bond donors (Lipinski definition) is 2. The maximum absolute atomic E-state index is 10.4. The molecule has 0 aliphatic rings. The minimum absolute atomic E-state index is 0.0706. The minimum atomic E-state index is -0.671. The smallest absolute Gasteiger partial charge is 0.311 e. The minimum Gasteiger partial charge on any atom is -0.502 e. The third-order valence-corrected chi connectivity index (χ3v) is 1.49. The fourth-order valence-electron chi connectivity index (χ4n) is 0.901. The number of nitrogens with two attached hydrogens (primary N) is 1. The van der Waals surface area contributed by atoms with E-state index in [9.17, 15) is 10.1 Å². The Bertz CT molecular complexity index is 326. The summed E-state index contributed by atoms with van der Waals surface area (Å²) in [6.45, 7) is 0.0706. The molecule has 0 unspecified atom stereocenters. The van der Waals surface area contributed by atoms with Crippen molar-refractivity contribution in [3.8, 4) is 5.75 Å². The number of benzene rings is 1. The second-order valence-electron chi connectivity index (χ2n) is 2.39. The Morgan fingerprint density at radius 2 is 2.31 bits per heavy atom. The highest BCUT2D eigenvalue weighted by Gasteiger charge is 2.12. The molecule has 0 spiro atoms. The van der Waals surface area contributed by atoms with E-state index in [2.05, 4.69) is 4.84 Å². The Morgan fingerprint density at radius 3 is 2.85 bits per heavy atom. The summed E-state index contributed by atoms with van der Waals surface area (Å²) in [5, 5.41) is 19.4. The van der Waals surface area contributed by atoms with Crippen LogP contribution in [0.2, 0.25) is 0 Å². The molecule has 1 aromatic rings. The number of nitro benzene ring substituents is 1. The molecule has 6 nitrogen and oxygen atoms in total. The van der Waals surface area contributed by atoms with Crippen molar-refractivity contribution in [2.75, 3.05) is 0 Å². The zero-order chi connectivity index (χ0) is 9.84. The molecule has 0 radical (unpaired) electrons. The van der Waals surface area contributed by atoms with Gasteiger partial charge in [-0.2, -0.15) is 0 Å². The molecule has 0 aliphatic heterocycles. The van der Waals surface area contributed by atoms with Crippen molar-refractivity contribution >= 4 is 5.69 Å². The van der Waals surface area contributed by atoms with Crippen molar-refractivity contribution in [1.29, 1.82) is 0 Å². The molecular formula is C7H8N2O4. The highest BCUT2D eigenvalue weighted by Crippen LogP contribution is 2.26. The second kappa shape index (κ2) is 3.83. The van der Waals surface area contributed by atoms with Crippen LogP contribution in [0.3, 0.4) is 0 Å². The van der Waals surface area contributed by atoms with Crippen molar-refractivity contribution in [3.05, 3.63) is 33.9 Å². The van der Waals surface area contributed by atoms with Gasteiger partial charge in [0.2, 0.25) is 0 Å². The van der Waals surface area contributed by atoms with Crippen LogP contribution in [0.15, 0.2) is 18.2 Å². The third-order valence-electron chi connectivity index (χ3n) is 1.49. The Morgan fingerprint density at radius 1 is 1.62 bits per heavy atom. The topological polar surface area (TPSA) is 98.6 Å². The Kier molecular flexibility index (Phi) is 2.78. The molecule has 0 saturated carbocycles. The Labute approximate surface area is 73.7 Å². The SMILES string of the molecule is NOCc1ccc(O)c([N+](=O)[O-])c1. The van der Waals surface area contributed by atoms with Crippen LogP contribution >= 0.6 is 0 Å². The monoisotopic (exact) mass is 184 g/mol. The molecule has 0 heterocycles. The van der Waals surface area contributed by atoms with Gasteiger partial charge in [0.1, 0.15) is 0 Å². The number of nitro groups is 1. The van der Waals surface area contributed by atoms with Gasteiger partial charge in [-0.25, -0.2) is 5.90 Å². The van der Waals surface area contributed by atoms with Gasteiger partial charge in [0, 0.05) is 6.07 Å². The number of rotatable bonds is 3. The summed E-state index contributed by atoms with van der Waals surface area (Å²) in [7, 11) is 0. The first-order valence-corrected chi connectivity index (χ1v) is 3.43. The van der Waals surface area contributed by atoms with Crippen LogP contribution in [0, 0.1) is 10.1 Å². The van der Waals surface area contributed by atoms with E-state index >= 15 is 0 Å². The molecule has 13 heavy (non-hydrogen) atoms. The van der Waals surface area contributed by atoms with Gasteiger partial charge in [-0.15, -0.1) is 0 Å². The third kappa shape index (κ3) is 2.14. The summed E-state index contributed by atoms with van der Waals surface area (Å²) in [6, 6.07) is 3.93. The predicted molar refractivity (Wildman–Crippen MR) is 43.7 cm³/mol. The van der Waals surface area contributed by atoms with Crippen molar-refractivity contribution in [2.24, 2.45) is 5.90 Å². The maximum Gasteiger partial charge on any atom is 0.311 e. The molecule has 0 atom stereocenters. The van der Waals surface area contributed by atoms with Gasteiger partial charge in [0.25, 0.3) is 0 Å². The van der Waals surface area contributed by atoms with E-state index in [1.165, 1.54) is 18.2 Å². The summed E-state index contributed by atoms with van der Waals surface area (Å²) >= 11 is 0. The molecular weight excluding hydrogens is 176 g/mol. The van der Waals surface area contributed by atoms with Crippen LogP contribution in [0.5, 0.6) is 5.75 Å². The van der Waals surface area contributed by atoms with Gasteiger partial charge < -0.3 is 5.11 Å². The summed E-state index contributed by atoms with van der Waals surface area (Å²) in [6.07, 6.45) is 0.